The monoisotopic (exact) mass is 271 g/mol. The number of hydrogen-bond acceptors (Lipinski definition) is 4. The zero-order valence-corrected chi connectivity index (χ0v) is 10.6. The van der Waals surface area contributed by atoms with Gasteiger partial charge in [-0.3, -0.25) is 9.59 Å². The van der Waals surface area contributed by atoms with E-state index in [2.05, 4.69) is 0 Å². The van der Waals surface area contributed by atoms with Crippen LogP contribution in [0, 0.1) is 0 Å². The maximum Gasteiger partial charge on any atom is 0.298 e. The SMILES string of the molecule is O=C1S/C(=C/c2ccco2)C(=O)N1c1ccccc1. The summed E-state index contributed by atoms with van der Waals surface area (Å²) in [6.45, 7) is 0. The van der Waals surface area contributed by atoms with E-state index in [1.807, 2.05) is 6.07 Å². The first-order valence-corrected chi connectivity index (χ1v) is 6.44. The molecular weight excluding hydrogens is 262 g/mol. The zero-order chi connectivity index (χ0) is 13.2. The van der Waals surface area contributed by atoms with Gasteiger partial charge < -0.3 is 4.42 Å². The molecule has 0 atom stereocenters. The van der Waals surface area contributed by atoms with Gasteiger partial charge in [-0.1, -0.05) is 18.2 Å². The van der Waals surface area contributed by atoms with E-state index in [1.54, 1.807) is 42.5 Å². The van der Waals surface area contributed by atoms with Crippen LogP contribution in [0.4, 0.5) is 10.5 Å². The molecule has 0 aliphatic carbocycles. The molecule has 94 valence electrons. The summed E-state index contributed by atoms with van der Waals surface area (Å²) in [5.74, 6) is 0.233. The molecule has 0 unspecified atom stereocenters. The number of rotatable bonds is 2. The highest BCUT2D eigenvalue weighted by molar-refractivity contribution is 8.19. The van der Waals surface area contributed by atoms with E-state index < -0.39 is 0 Å². The van der Waals surface area contributed by atoms with Gasteiger partial charge in [0.2, 0.25) is 0 Å². The predicted molar refractivity (Wildman–Crippen MR) is 73.6 cm³/mol. The predicted octanol–water partition coefficient (Wildman–Crippen LogP) is 3.52. The molecule has 0 radical (unpaired) electrons. The lowest BCUT2D eigenvalue weighted by Gasteiger charge is -2.11. The molecule has 3 rings (SSSR count). The van der Waals surface area contributed by atoms with Crippen molar-refractivity contribution in [2.24, 2.45) is 0 Å². The Kier molecular flexibility index (Phi) is 2.97. The fraction of sp³-hybridized carbons (Fsp3) is 0. The summed E-state index contributed by atoms with van der Waals surface area (Å²) in [5.41, 5.74) is 0.577. The summed E-state index contributed by atoms with van der Waals surface area (Å²) >= 11 is 0.913. The molecule has 2 amide bonds. The number of carbonyl (C=O) groups is 2. The van der Waals surface area contributed by atoms with Crippen LogP contribution < -0.4 is 4.90 Å². The Morgan fingerprint density at radius 1 is 1.05 bits per heavy atom. The Labute approximate surface area is 113 Å². The summed E-state index contributed by atoms with van der Waals surface area (Å²) in [6.07, 6.45) is 3.10. The van der Waals surface area contributed by atoms with Gasteiger partial charge in [0.25, 0.3) is 11.1 Å². The highest BCUT2D eigenvalue weighted by Crippen LogP contribution is 2.35. The van der Waals surface area contributed by atoms with Gasteiger partial charge in [-0.25, -0.2) is 4.90 Å². The van der Waals surface area contributed by atoms with Gasteiger partial charge in [0.15, 0.2) is 0 Å². The molecular formula is C14H9NO3S. The van der Waals surface area contributed by atoms with Crippen LogP contribution in [0.1, 0.15) is 5.76 Å². The Balaban J connectivity index is 1.94. The Bertz CT molecular complexity index is 647. The molecule has 2 aromatic rings. The molecule has 5 heteroatoms. The molecule has 0 bridgehead atoms. The summed E-state index contributed by atoms with van der Waals surface area (Å²) in [4.78, 5) is 25.7. The van der Waals surface area contributed by atoms with Gasteiger partial charge in [0.1, 0.15) is 5.76 Å². The number of nitrogens with zero attached hydrogens (tertiary/aromatic N) is 1. The van der Waals surface area contributed by atoms with E-state index in [0.717, 1.165) is 11.8 Å². The van der Waals surface area contributed by atoms with Crippen molar-refractivity contribution in [3.8, 4) is 0 Å². The Morgan fingerprint density at radius 3 is 2.53 bits per heavy atom. The average Bonchev–Trinajstić information content (AvgIpc) is 3.01. The van der Waals surface area contributed by atoms with Gasteiger partial charge in [0.05, 0.1) is 16.9 Å². The summed E-state index contributed by atoms with van der Waals surface area (Å²) < 4.78 is 5.15. The van der Waals surface area contributed by atoms with Gasteiger partial charge >= 0.3 is 0 Å². The van der Waals surface area contributed by atoms with Crippen molar-refractivity contribution in [1.29, 1.82) is 0 Å². The number of anilines is 1. The third kappa shape index (κ3) is 2.20. The fourth-order valence-corrected chi connectivity index (χ4v) is 2.59. The number of hydrogen-bond donors (Lipinski definition) is 0. The first-order chi connectivity index (χ1) is 9.25. The highest BCUT2D eigenvalue weighted by Gasteiger charge is 2.36. The molecule has 1 aromatic carbocycles. The molecule has 0 N–H and O–H groups in total. The first kappa shape index (κ1) is 11.8. The molecule has 19 heavy (non-hydrogen) atoms. The molecule has 2 heterocycles. The van der Waals surface area contributed by atoms with Crippen LogP contribution in [0.2, 0.25) is 0 Å². The highest BCUT2D eigenvalue weighted by atomic mass is 32.2. The van der Waals surface area contributed by atoms with E-state index in [4.69, 9.17) is 4.42 Å². The quantitative estimate of drug-likeness (QED) is 0.784. The number of imide groups is 1. The summed E-state index contributed by atoms with van der Waals surface area (Å²) in [7, 11) is 0. The number of para-hydroxylation sites is 1. The lowest BCUT2D eigenvalue weighted by atomic mass is 10.3. The standard InChI is InChI=1S/C14H9NO3S/c16-13-12(9-11-7-4-8-18-11)19-14(17)15(13)10-5-2-1-3-6-10/h1-9H/b12-9+. The van der Waals surface area contributed by atoms with Crippen molar-refractivity contribution < 1.29 is 14.0 Å². The fourth-order valence-electron chi connectivity index (χ4n) is 1.77. The molecule has 4 nitrogen and oxygen atoms in total. The van der Waals surface area contributed by atoms with Crippen LogP contribution in [0.5, 0.6) is 0 Å². The van der Waals surface area contributed by atoms with Gasteiger partial charge in [-0.2, -0.15) is 0 Å². The second kappa shape index (κ2) is 4.78. The normalized spacial score (nSPS) is 17.5. The summed E-state index contributed by atoms with van der Waals surface area (Å²) in [6, 6.07) is 12.3. The number of furan rings is 1. The number of benzene rings is 1. The maximum atomic E-state index is 12.2. The van der Waals surface area contributed by atoms with Gasteiger partial charge in [-0.15, -0.1) is 0 Å². The van der Waals surface area contributed by atoms with Crippen LogP contribution in [-0.4, -0.2) is 11.1 Å². The molecule has 0 spiro atoms. The van der Waals surface area contributed by atoms with Gasteiger partial charge in [-0.05, 0) is 36.0 Å². The number of thioether (sulfide) groups is 1. The van der Waals surface area contributed by atoms with Crippen molar-refractivity contribution >= 4 is 34.7 Å². The Hall–Kier alpha value is -2.27. The van der Waals surface area contributed by atoms with Crippen molar-refractivity contribution in [2.45, 2.75) is 0 Å². The van der Waals surface area contributed by atoms with Crippen molar-refractivity contribution in [3.05, 3.63) is 59.4 Å². The van der Waals surface area contributed by atoms with Crippen molar-refractivity contribution in [2.75, 3.05) is 4.90 Å². The second-order valence-corrected chi connectivity index (χ2v) is 4.86. The van der Waals surface area contributed by atoms with Crippen LogP contribution in [0.15, 0.2) is 58.1 Å². The average molecular weight is 271 g/mol. The van der Waals surface area contributed by atoms with Gasteiger partial charge in [0, 0.05) is 6.08 Å². The zero-order valence-electron chi connectivity index (χ0n) is 9.78. The topological polar surface area (TPSA) is 50.5 Å². The van der Waals surface area contributed by atoms with E-state index in [9.17, 15) is 9.59 Å². The van der Waals surface area contributed by atoms with Crippen LogP contribution in [0.3, 0.4) is 0 Å². The Morgan fingerprint density at radius 2 is 1.84 bits per heavy atom. The van der Waals surface area contributed by atoms with E-state index in [-0.39, 0.29) is 11.1 Å². The van der Waals surface area contributed by atoms with Crippen LogP contribution >= 0.6 is 11.8 Å². The molecule has 1 aromatic heterocycles. The maximum absolute atomic E-state index is 12.2. The third-order valence-electron chi connectivity index (χ3n) is 2.62. The third-order valence-corrected chi connectivity index (χ3v) is 3.49. The van der Waals surface area contributed by atoms with E-state index in [1.165, 1.54) is 11.2 Å². The van der Waals surface area contributed by atoms with Crippen molar-refractivity contribution in [3.63, 3.8) is 0 Å². The minimum atomic E-state index is -0.322. The number of amides is 2. The van der Waals surface area contributed by atoms with E-state index >= 15 is 0 Å². The summed E-state index contributed by atoms with van der Waals surface area (Å²) in [5, 5.41) is -0.297. The largest absolute Gasteiger partial charge is 0.465 e. The minimum Gasteiger partial charge on any atom is -0.465 e. The van der Waals surface area contributed by atoms with E-state index in [0.29, 0.717) is 16.4 Å². The van der Waals surface area contributed by atoms with Crippen LogP contribution in [0.25, 0.3) is 6.08 Å². The number of carbonyl (C=O) groups excluding carboxylic acids is 2. The smallest absolute Gasteiger partial charge is 0.298 e. The first-order valence-electron chi connectivity index (χ1n) is 5.62. The molecule has 1 aliphatic rings. The van der Waals surface area contributed by atoms with Crippen LogP contribution in [-0.2, 0) is 4.79 Å². The molecule has 0 saturated carbocycles. The van der Waals surface area contributed by atoms with Crippen molar-refractivity contribution in [1.82, 2.24) is 0 Å². The minimum absolute atomic E-state index is 0.297. The lowest BCUT2D eigenvalue weighted by molar-refractivity contribution is -0.113. The molecule has 1 aliphatic heterocycles. The second-order valence-electron chi connectivity index (χ2n) is 3.87. The lowest BCUT2D eigenvalue weighted by Crippen LogP contribution is -2.27. The molecule has 1 fully saturated rings. The molecule has 1 saturated heterocycles.